The normalized spacial score (nSPS) is 19.7. The first-order valence-electron chi connectivity index (χ1n) is 9.17. The van der Waals surface area contributed by atoms with Crippen molar-refractivity contribution in [2.75, 3.05) is 20.8 Å². The standard InChI is InChI=1S/C20H25N3O3/c1-22-16(7-9-21-22)19-15-12-18(26-3)17(25-2)11-14(15)8-10-23(19)20(24)13-5-4-6-13/h7,9,11-13,19H,4-6,8,10H2,1-3H3/t19-/m1/s1. The molecule has 1 aliphatic carbocycles. The molecular weight excluding hydrogens is 330 g/mol. The minimum absolute atomic E-state index is 0.140. The van der Waals surface area contributed by atoms with Gasteiger partial charge in [0.25, 0.3) is 0 Å². The predicted molar refractivity (Wildman–Crippen MR) is 97.4 cm³/mol. The van der Waals surface area contributed by atoms with Gasteiger partial charge in [-0.3, -0.25) is 9.48 Å². The van der Waals surface area contributed by atoms with Crippen molar-refractivity contribution in [3.8, 4) is 11.5 Å². The second kappa shape index (κ2) is 6.67. The van der Waals surface area contributed by atoms with Gasteiger partial charge in [-0.1, -0.05) is 6.42 Å². The van der Waals surface area contributed by atoms with Gasteiger partial charge in [0, 0.05) is 25.7 Å². The number of benzene rings is 1. The molecule has 2 aromatic rings. The Kier molecular flexibility index (Phi) is 4.34. The summed E-state index contributed by atoms with van der Waals surface area (Å²) in [6.45, 7) is 0.716. The molecule has 0 bridgehead atoms. The molecule has 0 radical (unpaired) electrons. The van der Waals surface area contributed by atoms with E-state index in [1.54, 1.807) is 20.4 Å². The highest BCUT2D eigenvalue weighted by atomic mass is 16.5. The van der Waals surface area contributed by atoms with E-state index in [1.807, 2.05) is 34.8 Å². The third-order valence-electron chi connectivity index (χ3n) is 5.75. The van der Waals surface area contributed by atoms with E-state index in [-0.39, 0.29) is 17.9 Å². The molecule has 6 nitrogen and oxygen atoms in total. The van der Waals surface area contributed by atoms with Crippen LogP contribution in [0.3, 0.4) is 0 Å². The van der Waals surface area contributed by atoms with Crippen molar-refractivity contribution in [1.82, 2.24) is 14.7 Å². The number of nitrogens with zero attached hydrogens (tertiary/aromatic N) is 3. The van der Waals surface area contributed by atoms with Gasteiger partial charge < -0.3 is 14.4 Å². The van der Waals surface area contributed by atoms with Gasteiger partial charge in [-0.15, -0.1) is 0 Å². The van der Waals surface area contributed by atoms with Crippen molar-refractivity contribution in [2.45, 2.75) is 31.7 Å². The number of amides is 1. The molecule has 0 unspecified atom stereocenters. The van der Waals surface area contributed by atoms with Crippen LogP contribution in [-0.4, -0.2) is 41.4 Å². The van der Waals surface area contributed by atoms with Crippen LogP contribution in [0.1, 0.15) is 42.1 Å². The van der Waals surface area contributed by atoms with Crippen molar-refractivity contribution in [1.29, 1.82) is 0 Å². The van der Waals surface area contributed by atoms with Gasteiger partial charge in [-0.05, 0) is 48.6 Å². The Bertz CT molecular complexity index is 826. The van der Waals surface area contributed by atoms with E-state index in [0.29, 0.717) is 12.3 Å². The molecule has 0 spiro atoms. The summed E-state index contributed by atoms with van der Waals surface area (Å²) in [6, 6.07) is 5.92. The molecule has 26 heavy (non-hydrogen) atoms. The molecule has 1 atom stereocenters. The lowest BCUT2D eigenvalue weighted by molar-refractivity contribution is -0.140. The topological polar surface area (TPSA) is 56.6 Å². The first kappa shape index (κ1) is 16.9. The van der Waals surface area contributed by atoms with E-state index >= 15 is 0 Å². The minimum atomic E-state index is -0.140. The zero-order chi connectivity index (χ0) is 18.3. The maximum Gasteiger partial charge on any atom is 0.226 e. The number of aryl methyl sites for hydroxylation is 1. The molecule has 1 saturated carbocycles. The summed E-state index contributed by atoms with van der Waals surface area (Å²) >= 11 is 0. The van der Waals surface area contributed by atoms with E-state index in [0.717, 1.165) is 42.7 Å². The van der Waals surface area contributed by atoms with E-state index in [1.165, 1.54) is 5.56 Å². The molecule has 1 aromatic heterocycles. The van der Waals surface area contributed by atoms with Gasteiger partial charge in [0.2, 0.25) is 5.91 Å². The molecule has 1 amide bonds. The summed E-state index contributed by atoms with van der Waals surface area (Å²) in [5.74, 6) is 1.86. The number of methoxy groups -OCH3 is 2. The summed E-state index contributed by atoms with van der Waals surface area (Å²) in [5, 5.41) is 4.34. The fraction of sp³-hybridized carbons (Fsp3) is 0.500. The van der Waals surface area contributed by atoms with Gasteiger partial charge in [0.15, 0.2) is 11.5 Å². The first-order chi connectivity index (χ1) is 12.6. The van der Waals surface area contributed by atoms with Crippen molar-refractivity contribution >= 4 is 5.91 Å². The van der Waals surface area contributed by atoms with Gasteiger partial charge in [-0.2, -0.15) is 5.10 Å². The van der Waals surface area contributed by atoms with Crippen LogP contribution in [0.4, 0.5) is 0 Å². The molecule has 1 aromatic carbocycles. The minimum Gasteiger partial charge on any atom is -0.493 e. The molecule has 2 aliphatic rings. The molecule has 6 heteroatoms. The number of carbonyl (C=O) groups excluding carboxylic acids is 1. The van der Waals surface area contributed by atoms with Gasteiger partial charge in [-0.25, -0.2) is 0 Å². The monoisotopic (exact) mass is 355 g/mol. The average Bonchev–Trinajstić information content (AvgIpc) is 3.03. The lowest BCUT2D eigenvalue weighted by Gasteiger charge is -2.41. The third kappa shape index (κ3) is 2.64. The maximum absolute atomic E-state index is 13.1. The molecule has 1 aliphatic heterocycles. The Morgan fingerprint density at radius 1 is 1.19 bits per heavy atom. The largest absolute Gasteiger partial charge is 0.493 e. The fourth-order valence-electron chi connectivity index (χ4n) is 4.04. The fourth-order valence-corrected chi connectivity index (χ4v) is 4.04. The van der Waals surface area contributed by atoms with Gasteiger partial charge in [0.05, 0.1) is 26.0 Å². The summed E-state index contributed by atoms with van der Waals surface area (Å²) in [7, 11) is 5.22. The molecule has 1 fully saturated rings. The van der Waals surface area contributed by atoms with E-state index in [4.69, 9.17) is 9.47 Å². The number of hydrogen-bond acceptors (Lipinski definition) is 4. The zero-order valence-electron chi connectivity index (χ0n) is 15.6. The van der Waals surface area contributed by atoms with Crippen molar-refractivity contribution < 1.29 is 14.3 Å². The summed E-state index contributed by atoms with van der Waals surface area (Å²) < 4.78 is 12.8. The second-order valence-corrected chi connectivity index (χ2v) is 7.10. The van der Waals surface area contributed by atoms with Crippen LogP contribution >= 0.6 is 0 Å². The third-order valence-corrected chi connectivity index (χ3v) is 5.75. The number of fused-ring (bicyclic) bond motifs is 1. The number of hydrogen-bond donors (Lipinski definition) is 0. The number of ether oxygens (including phenoxy) is 2. The molecule has 0 N–H and O–H groups in total. The van der Waals surface area contributed by atoms with E-state index < -0.39 is 0 Å². The second-order valence-electron chi connectivity index (χ2n) is 7.10. The van der Waals surface area contributed by atoms with Crippen LogP contribution < -0.4 is 9.47 Å². The van der Waals surface area contributed by atoms with Crippen molar-refractivity contribution in [2.24, 2.45) is 13.0 Å². The zero-order valence-corrected chi connectivity index (χ0v) is 15.6. The predicted octanol–water partition coefficient (Wildman–Crippen LogP) is 2.71. The summed E-state index contributed by atoms with van der Waals surface area (Å²) in [6.07, 6.45) is 5.78. The van der Waals surface area contributed by atoms with Crippen LogP contribution in [0.15, 0.2) is 24.4 Å². The van der Waals surface area contributed by atoms with Crippen LogP contribution in [0.2, 0.25) is 0 Å². The Morgan fingerprint density at radius 3 is 2.50 bits per heavy atom. The Balaban J connectivity index is 1.82. The summed E-state index contributed by atoms with van der Waals surface area (Å²) in [5.41, 5.74) is 3.32. The Hall–Kier alpha value is -2.50. The summed E-state index contributed by atoms with van der Waals surface area (Å²) in [4.78, 5) is 15.2. The molecular formula is C20H25N3O3. The average molecular weight is 355 g/mol. The Labute approximate surface area is 153 Å². The lowest BCUT2D eigenvalue weighted by atomic mass is 9.82. The Morgan fingerprint density at radius 2 is 1.92 bits per heavy atom. The van der Waals surface area contributed by atoms with Crippen LogP contribution in [0, 0.1) is 5.92 Å². The number of rotatable bonds is 4. The van der Waals surface area contributed by atoms with E-state index in [2.05, 4.69) is 5.10 Å². The molecule has 4 rings (SSSR count). The van der Waals surface area contributed by atoms with Crippen LogP contribution in [0.5, 0.6) is 11.5 Å². The molecule has 0 saturated heterocycles. The highest BCUT2D eigenvalue weighted by Crippen LogP contribution is 2.42. The first-order valence-corrected chi connectivity index (χ1v) is 9.17. The highest BCUT2D eigenvalue weighted by molar-refractivity contribution is 5.81. The maximum atomic E-state index is 13.1. The van der Waals surface area contributed by atoms with Gasteiger partial charge >= 0.3 is 0 Å². The highest BCUT2D eigenvalue weighted by Gasteiger charge is 2.38. The number of aromatic nitrogens is 2. The molecule has 138 valence electrons. The lowest BCUT2D eigenvalue weighted by Crippen LogP contribution is -2.45. The molecule has 2 heterocycles. The number of carbonyl (C=O) groups is 1. The van der Waals surface area contributed by atoms with Crippen LogP contribution in [-0.2, 0) is 18.3 Å². The quantitative estimate of drug-likeness (QED) is 0.846. The van der Waals surface area contributed by atoms with Crippen LogP contribution in [0.25, 0.3) is 0 Å². The van der Waals surface area contributed by atoms with Crippen molar-refractivity contribution in [3.05, 3.63) is 41.2 Å². The van der Waals surface area contributed by atoms with E-state index in [9.17, 15) is 4.79 Å². The van der Waals surface area contributed by atoms with Gasteiger partial charge in [0.1, 0.15) is 0 Å². The van der Waals surface area contributed by atoms with Crippen molar-refractivity contribution in [3.63, 3.8) is 0 Å². The SMILES string of the molecule is COc1cc2c(cc1OC)[C@H](c1ccnn1C)N(C(=O)C1CCC1)CC2. The smallest absolute Gasteiger partial charge is 0.226 e.